The number of nitrogens with zero attached hydrogens (tertiary/aromatic N) is 2. The number of rotatable bonds is 4. The van der Waals surface area contributed by atoms with E-state index in [4.69, 9.17) is 0 Å². The van der Waals surface area contributed by atoms with E-state index in [0.717, 1.165) is 5.56 Å². The lowest BCUT2D eigenvalue weighted by molar-refractivity contribution is 0.581. The third kappa shape index (κ3) is 3.54. The van der Waals surface area contributed by atoms with Crippen LogP contribution in [0.4, 0.5) is 0 Å². The number of hydrogen-bond donors (Lipinski definition) is 1. The molecule has 0 aromatic heterocycles. The summed E-state index contributed by atoms with van der Waals surface area (Å²) in [4.78, 5) is 3.97. The highest BCUT2D eigenvalue weighted by Crippen LogP contribution is 2.09. The summed E-state index contributed by atoms with van der Waals surface area (Å²) in [6, 6.07) is 6.57. The smallest absolute Gasteiger partial charge is 0.276 e. The van der Waals surface area contributed by atoms with Gasteiger partial charge in [-0.2, -0.15) is 18.4 Å². The minimum atomic E-state index is -3.55. The molecule has 0 aliphatic carbocycles. The molecule has 0 spiro atoms. The van der Waals surface area contributed by atoms with Crippen molar-refractivity contribution in [1.82, 2.24) is 9.73 Å². The van der Waals surface area contributed by atoms with Crippen LogP contribution in [0.15, 0.2) is 34.3 Å². The highest BCUT2D eigenvalue weighted by molar-refractivity contribution is 7.89. The van der Waals surface area contributed by atoms with Crippen LogP contribution in [0.1, 0.15) is 5.56 Å². The van der Waals surface area contributed by atoms with Crippen LogP contribution >= 0.6 is 0 Å². The van der Waals surface area contributed by atoms with Crippen LogP contribution in [0.3, 0.4) is 0 Å². The van der Waals surface area contributed by atoms with Gasteiger partial charge in [0.1, 0.15) is 6.34 Å². The van der Waals surface area contributed by atoms with Gasteiger partial charge in [0.25, 0.3) is 10.0 Å². The second kappa shape index (κ2) is 4.98. The van der Waals surface area contributed by atoms with E-state index in [0.29, 0.717) is 0 Å². The first-order chi connectivity index (χ1) is 7.42. The molecule has 88 valence electrons. The Kier molecular flexibility index (Phi) is 3.89. The molecule has 0 amide bonds. The Labute approximate surface area is 95.8 Å². The molecule has 1 N–H and O–H groups in total. The number of aryl methyl sites for hydroxylation is 1. The molecule has 6 heteroatoms. The molecule has 0 fully saturated rings. The fourth-order valence-corrected chi connectivity index (χ4v) is 1.76. The van der Waals surface area contributed by atoms with Crippen LogP contribution < -0.4 is 4.83 Å². The lowest BCUT2D eigenvalue weighted by atomic mass is 10.2. The Balaban J connectivity index is 2.82. The second-order valence-corrected chi connectivity index (χ2v) is 5.28. The van der Waals surface area contributed by atoms with Gasteiger partial charge >= 0.3 is 0 Å². The van der Waals surface area contributed by atoms with Gasteiger partial charge in [0, 0.05) is 14.1 Å². The number of hydrogen-bond acceptors (Lipinski definition) is 3. The molecule has 0 heterocycles. The molecule has 0 saturated carbocycles. The summed E-state index contributed by atoms with van der Waals surface area (Å²) < 4.78 is 23.4. The summed E-state index contributed by atoms with van der Waals surface area (Å²) in [6.45, 7) is 1.90. The van der Waals surface area contributed by atoms with Gasteiger partial charge < -0.3 is 4.90 Å². The van der Waals surface area contributed by atoms with Gasteiger partial charge in [-0.25, -0.2) is 0 Å². The molecule has 16 heavy (non-hydrogen) atoms. The summed E-state index contributed by atoms with van der Waals surface area (Å²) in [5, 5.41) is 3.60. The van der Waals surface area contributed by atoms with Gasteiger partial charge in [-0.1, -0.05) is 17.7 Å². The van der Waals surface area contributed by atoms with Crippen molar-refractivity contribution in [2.45, 2.75) is 11.8 Å². The predicted octanol–water partition coefficient (Wildman–Crippen LogP) is 0.778. The minimum absolute atomic E-state index is 0.203. The summed E-state index contributed by atoms with van der Waals surface area (Å²) in [5.41, 5.74) is 1.01. The number of hydrazone groups is 1. The van der Waals surface area contributed by atoms with Gasteiger partial charge in [-0.3, -0.25) is 0 Å². The van der Waals surface area contributed by atoms with Crippen LogP contribution in [-0.4, -0.2) is 33.8 Å². The van der Waals surface area contributed by atoms with Crippen molar-refractivity contribution < 1.29 is 8.42 Å². The highest BCUT2D eigenvalue weighted by Gasteiger charge is 2.11. The van der Waals surface area contributed by atoms with E-state index in [1.54, 1.807) is 43.3 Å². The molecule has 0 atom stereocenters. The molecule has 1 aromatic rings. The lowest BCUT2D eigenvalue weighted by Crippen LogP contribution is -2.20. The van der Waals surface area contributed by atoms with Gasteiger partial charge in [0.05, 0.1) is 4.90 Å². The van der Waals surface area contributed by atoms with Gasteiger partial charge in [-0.15, -0.1) is 0 Å². The SMILES string of the molecule is Cc1ccc(S(=O)(=O)N/N=C/N(C)C)cc1. The summed E-state index contributed by atoms with van der Waals surface area (Å²) >= 11 is 0. The molecular formula is C10H15N3O2S. The van der Waals surface area contributed by atoms with E-state index in [1.165, 1.54) is 6.34 Å². The highest BCUT2D eigenvalue weighted by atomic mass is 32.2. The first-order valence-electron chi connectivity index (χ1n) is 4.70. The Morgan fingerprint density at radius 2 is 1.81 bits per heavy atom. The van der Waals surface area contributed by atoms with Gasteiger partial charge in [0.2, 0.25) is 0 Å². The van der Waals surface area contributed by atoms with Crippen molar-refractivity contribution in [3.8, 4) is 0 Å². The Hall–Kier alpha value is -1.56. The van der Waals surface area contributed by atoms with Crippen LogP contribution in [0, 0.1) is 6.92 Å². The first-order valence-corrected chi connectivity index (χ1v) is 6.18. The lowest BCUT2D eigenvalue weighted by Gasteiger charge is -2.05. The molecule has 0 radical (unpaired) electrons. The Morgan fingerprint density at radius 3 is 2.31 bits per heavy atom. The van der Waals surface area contributed by atoms with Crippen molar-refractivity contribution in [3.63, 3.8) is 0 Å². The standard InChI is InChI=1S/C10H15N3O2S/c1-9-4-6-10(7-5-9)16(14,15)12-11-8-13(2)3/h4-8,12H,1-3H3/b11-8+. The largest absolute Gasteiger partial charge is 0.367 e. The maximum absolute atomic E-state index is 11.7. The zero-order valence-corrected chi connectivity index (χ0v) is 10.3. The molecule has 1 rings (SSSR count). The van der Waals surface area contributed by atoms with E-state index in [-0.39, 0.29) is 4.90 Å². The van der Waals surface area contributed by atoms with Gasteiger partial charge in [0.15, 0.2) is 0 Å². The molecule has 1 aromatic carbocycles. The van der Waals surface area contributed by atoms with E-state index in [2.05, 4.69) is 9.93 Å². The van der Waals surface area contributed by atoms with E-state index < -0.39 is 10.0 Å². The third-order valence-electron chi connectivity index (χ3n) is 1.79. The molecule has 5 nitrogen and oxygen atoms in total. The molecule has 0 saturated heterocycles. The number of nitrogens with one attached hydrogen (secondary N) is 1. The Bertz CT molecular complexity index is 463. The maximum Gasteiger partial charge on any atom is 0.276 e. The normalized spacial score (nSPS) is 11.7. The fourth-order valence-electron chi connectivity index (χ4n) is 0.979. The quantitative estimate of drug-likeness (QED) is 0.481. The van der Waals surface area contributed by atoms with E-state index >= 15 is 0 Å². The summed E-state index contributed by atoms with van der Waals surface area (Å²) in [7, 11) is -0.0400. The minimum Gasteiger partial charge on any atom is -0.367 e. The second-order valence-electron chi connectivity index (χ2n) is 3.62. The Morgan fingerprint density at radius 1 is 1.25 bits per heavy atom. The molecule has 0 aliphatic rings. The zero-order valence-electron chi connectivity index (χ0n) is 9.51. The van der Waals surface area contributed by atoms with Crippen molar-refractivity contribution in [2.75, 3.05) is 14.1 Å². The average Bonchev–Trinajstić information content (AvgIpc) is 2.17. The van der Waals surface area contributed by atoms with Crippen LogP contribution in [0.2, 0.25) is 0 Å². The molecular weight excluding hydrogens is 226 g/mol. The van der Waals surface area contributed by atoms with Gasteiger partial charge in [-0.05, 0) is 19.1 Å². The van der Waals surface area contributed by atoms with Crippen LogP contribution in [0.25, 0.3) is 0 Å². The number of benzene rings is 1. The summed E-state index contributed by atoms with van der Waals surface area (Å²) in [6.07, 6.45) is 1.38. The number of sulfonamides is 1. The molecule has 0 bridgehead atoms. The average molecular weight is 241 g/mol. The molecule has 0 aliphatic heterocycles. The van der Waals surface area contributed by atoms with Crippen LogP contribution in [0.5, 0.6) is 0 Å². The van der Waals surface area contributed by atoms with Crippen LogP contribution in [-0.2, 0) is 10.0 Å². The zero-order chi connectivity index (χ0) is 12.2. The van der Waals surface area contributed by atoms with Crippen molar-refractivity contribution in [1.29, 1.82) is 0 Å². The molecule has 0 unspecified atom stereocenters. The summed E-state index contributed by atoms with van der Waals surface area (Å²) in [5.74, 6) is 0. The van der Waals surface area contributed by atoms with Crippen molar-refractivity contribution in [3.05, 3.63) is 29.8 Å². The fraction of sp³-hybridized carbons (Fsp3) is 0.300. The maximum atomic E-state index is 11.7. The van der Waals surface area contributed by atoms with Crippen molar-refractivity contribution in [2.24, 2.45) is 5.10 Å². The first kappa shape index (κ1) is 12.5. The topological polar surface area (TPSA) is 61.8 Å². The van der Waals surface area contributed by atoms with Crippen molar-refractivity contribution >= 4 is 16.4 Å². The van der Waals surface area contributed by atoms with E-state index in [1.807, 2.05) is 6.92 Å². The monoisotopic (exact) mass is 241 g/mol. The predicted molar refractivity (Wildman–Crippen MR) is 63.7 cm³/mol. The van der Waals surface area contributed by atoms with E-state index in [9.17, 15) is 8.42 Å². The third-order valence-corrected chi connectivity index (χ3v) is 3.03.